The molecule has 3 rings (SSSR count). The standard InChI is InChI=1S/C19H27N3O2/c20-18(23)13-17-8-1-2-11-22(17)19(24)16-7-5-6-15(12-16)14-21-9-3-4-10-21/h5-7,12,17H,1-4,8-11,13-14H2,(H2,20,23)/t17-/m1/s1. The number of primary amides is 1. The van der Waals surface area contributed by atoms with Crippen molar-refractivity contribution in [1.29, 1.82) is 0 Å². The fourth-order valence-electron chi connectivity index (χ4n) is 3.88. The van der Waals surface area contributed by atoms with Gasteiger partial charge in [0.05, 0.1) is 0 Å². The SMILES string of the molecule is NC(=O)C[C@H]1CCCCN1C(=O)c1cccc(CN2CCCC2)c1. The first-order valence-corrected chi connectivity index (χ1v) is 9.04. The number of piperidine rings is 1. The van der Waals surface area contributed by atoms with Crippen LogP contribution in [-0.4, -0.2) is 47.3 Å². The van der Waals surface area contributed by atoms with Gasteiger partial charge in [-0.3, -0.25) is 14.5 Å². The van der Waals surface area contributed by atoms with E-state index in [-0.39, 0.29) is 24.3 Å². The lowest BCUT2D eigenvalue weighted by Crippen LogP contribution is -2.45. The van der Waals surface area contributed by atoms with E-state index in [0.29, 0.717) is 6.54 Å². The second kappa shape index (κ2) is 7.79. The van der Waals surface area contributed by atoms with Gasteiger partial charge in [-0.2, -0.15) is 0 Å². The van der Waals surface area contributed by atoms with Crippen LogP contribution in [-0.2, 0) is 11.3 Å². The predicted molar refractivity (Wildman–Crippen MR) is 93.4 cm³/mol. The second-order valence-corrected chi connectivity index (χ2v) is 7.00. The van der Waals surface area contributed by atoms with Gasteiger partial charge >= 0.3 is 0 Å². The molecule has 0 aliphatic carbocycles. The smallest absolute Gasteiger partial charge is 0.254 e. The summed E-state index contributed by atoms with van der Waals surface area (Å²) in [6.45, 7) is 3.91. The molecule has 24 heavy (non-hydrogen) atoms. The fraction of sp³-hybridized carbons (Fsp3) is 0.579. The first-order valence-electron chi connectivity index (χ1n) is 9.04. The summed E-state index contributed by atoms with van der Waals surface area (Å²) in [5.74, 6) is -0.299. The number of likely N-dealkylation sites (tertiary alicyclic amines) is 2. The van der Waals surface area contributed by atoms with E-state index in [4.69, 9.17) is 5.73 Å². The Balaban J connectivity index is 1.71. The number of nitrogens with two attached hydrogens (primary N) is 1. The second-order valence-electron chi connectivity index (χ2n) is 7.00. The molecule has 2 aliphatic rings. The zero-order chi connectivity index (χ0) is 16.9. The van der Waals surface area contributed by atoms with Gasteiger partial charge in [-0.05, 0) is 62.9 Å². The normalized spacial score (nSPS) is 21.8. The van der Waals surface area contributed by atoms with Gasteiger partial charge in [-0.25, -0.2) is 0 Å². The Morgan fingerprint density at radius 3 is 2.58 bits per heavy atom. The van der Waals surface area contributed by atoms with Crippen molar-refractivity contribution in [3.63, 3.8) is 0 Å². The molecule has 0 bridgehead atoms. The van der Waals surface area contributed by atoms with Crippen LogP contribution in [0, 0.1) is 0 Å². The topological polar surface area (TPSA) is 66.6 Å². The number of carbonyl (C=O) groups is 2. The molecular weight excluding hydrogens is 302 g/mol. The molecular formula is C19H27N3O2. The molecule has 0 saturated carbocycles. The molecule has 0 radical (unpaired) electrons. The largest absolute Gasteiger partial charge is 0.370 e. The Kier molecular flexibility index (Phi) is 5.51. The quantitative estimate of drug-likeness (QED) is 0.900. The minimum atomic E-state index is -0.331. The van der Waals surface area contributed by atoms with Gasteiger partial charge in [0.25, 0.3) is 5.91 Å². The van der Waals surface area contributed by atoms with E-state index >= 15 is 0 Å². The molecule has 1 aromatic carbocycles. The molecule has 5 heteroatoms. The van der Waals surface area contributed by atoms with Crippen molar-refractivity contribution < 1.29 is 9.59 Å². The molecule has 0 aromatic heterocycles. The Morgan fingerprint density at radius 2 is 1.83 bits per heavy atom. The summed E-state index contributed by atoms with van der Waals surface area (Å²) in [7, 11) is 0. The molecule has 5 nitrogen and oxygen atoms in total. The third-order valence-electron chi connectivity index (χ3n) is 5.10. The third-order valence-corrected chi connectivity index (χ3v) is 5.10. The highest BCUT2D eigenvalue weighted by Gasteiger charge is 2.28. The molecule has 2 saturated heterocycles. The Morgan fingerprint density at radius 1 is 1.08 bits per heavy atom. The average molecular weight is 329 g/mol. The first-order chi connectivity index (χ1) is 11.6. The number of hydrogen-bond acceptors (Lipinski definition) is 3. The van der Waals surface area contributed by atoms with Crippen LogP contribution in [0.25, 0.3) is 0 Å². The zero-order valence-corrected chi connectivity index (χ0v) is 14.2. The highest BCUT2D eigenvalue weighted by molar-refractivity contribution is 5.95. The maximum Gasteiger partial charge on any atom is 0.254 e. The number of hydrogen-bond donors (Lipinski definition) is 1. The first kappa shape index (κ1) is 17.0. The van der Waals surface area contributed by atoms with Crippen LogP contribution < -0.4 is 5.73 Å². The highest BCUT2D eigenvalue weighted by atomic mass is 16.2. The van der Waals surface area contributed by atoms with Gasteiger partial charge in [-0.1, -0.05) is 12.1 Å². The molecule has 2 heterocycles. The third kappa shape index (κ3) is 4.15. The minimum absolute atomic E-state index is 0.0317. The van der Waals surface area contributed by atoms with Gasteiger partial charge in [0, 0.05) is 31.1 Å². The van der Waals surface area contributed by atoms with Gasteiger partial charge in [0.15, 0.2) is 0 Å². The van der Waals surface area contributed by atoms with E-state index < -0.39 is 0 Å². The van der Waals surface area contributed by atoms with Crippen LogP contribution in [0.2, 0.25) is 0 Å². The van der Waals surface area contributed by atoms with Crippen molar-refractivity contribution in [2.45, 2.75) is 51.1 Å². The summed E-state index contributed by atoms with van der Waals surface area (Å²) in [5.41, 5.74) is 7.27. The van der Waals surface area contributed by atoms with Crippen LogP contribution in [0.1, 0.15) is 54.4 Å². The fourth-order valence-corrected chi connectivity index (χ4v) is 3.88. The Bertz CT molecular complexity index is 596. The molecule has 0 unspecified atom stereocenters. The van der Waals surface area contributed by atoms with E-state index in [1.807, 2.05) is 23.1 Å². The Labute approximate surface area is 143 Å². The van der Waals surface area contributed by atoms with E-state index in [1.165, 1.54) is 18.4 Å². The molecule has 2 amide bonds. The van der Waals surface area contributed by atoms with Crippen molar-refractivity contribution in [2.24, 2.45) is 5.73 Å². The lowest BCUT2D eigenvalue weighted by Gasteiger charge is -2.35. The monoisotopic (exact) mass is 329 g/mol. The molecule has 2 N–H and O–H groups in total. The number of carbonyl (C=O) groups excluding carboxylic acids is 2. The molecule has 130 valence electrons. The summed E-state index contributed by atoms with van der Waals surface area (Å²) in [6.07, 6.45) is 5.70. The van der Waals surface area contributed by atoms with Crippen molar-refractivity contribution in [2.75, 3.05) is 19.6 Å². The van der Waals surface area contributed by atoms with Gasteiger partial charge < -0.3 is 10.6 Å². The number of nitrogens with zero attached hydrogens (tertiary/aromatic N) is 2. The summed E-state index contributed by atoms with van der Waals surface area (Å²) in [6, 6.07) is 7.89. The maximum atomic E-state index is 12.9. The maximum absolute atomic E-state index is 12.9. The Hall–Kier alpha value is -1.88. The highest BCUT2D eigenvalue weighted by Crippen LogP contribution is 2.23. The van der Waals surface area contributed by atoms with Crippen LogP contribution in [0.5, 0.6) is 0 Å². The van der Waals surface area contributed by atoms with Crippen LogP contribution >= 0.6 is 0 Å². The van der Waals surface area contributed by atoms with Crippen LogP contribution in [0.3, 0.4) is 0 Å². The molecule has 0 spiro atoms. The zero-order valence-electron chi connectivity index (χ0n) is 14.2. The van der Waals surface area contributed by atoms with E-state index in [0.717, 1.165) is 44.5 Å². The lowest BCUT2D eigenvalue weighted by molar-refractivity contribution is -0.119. The van der Waals surface area contributed by atoms with Gasteiger partial charge in [0.2, 0.25) is 5.91 Å². The number of benzene rings is 1. The predicted octanol–water partition coefficient (Wildman–Crippen LogP) is 2.15. The van der Waals surface area contributed by atoms with Crippen molar-refractivity contribution in [3.05, 3.63) is 35.4 Å². The average Bonchev–Trinajstić information content (AvgIpc) is 3.07. The number of rotatable bonds is 5. The molecule has 2 aliphatic heterocycles. The van der Waals surface area contributed by atoms with Crippen LogP contribution in [0.15, 0.2) is 24.3 Å². The van der Waals surface area contributed by atoms with Crippen LogP contribution in [0.4, 0.5) is 0 Å². The van der Waals surface area contributed by atoms with Crippen molar-refractivity contribution >= 4 is 11.8 Å². The van der Waals surface area contributed by atoms with Gasteiger partial charge in [0.1, 0.15) is 0 Å². The summed E-state index contributed by atoms with van der Waals surface area (Å²) < 4.78 is 0. The lowest BCUT2D eigenvalue weighted by atomic mass is 9.97. The van der Waals surface area contributed by atoms with E-state index in [2.05, 4.69) is 11.0 Å². The molecule has 1 aromatic rings. The minimum Gasteiger partial charge on any atom is -0.370 e. The summed E-state index contributed by atoms with van der Waals surface area (Å²) in [4.78, 5) is 28.5. The van der Waals surface area contributed by atoms with Crippen molar-refractivity contribution in [1.82, 2.24) is 9.80 Å². The summed E-state index contributed by atoms with van der Waals surface area (Å²) >= 11 is 0. The van der Waals surface area contributed by atoms with Crippen molar-refractivity contribution in [3.8, 4) is 0 Å². The van der Waals surface area contributed by atoms with E-state index in [1.54, 1.807) is 0 Å². The van der Waals surface area contributed by atoms with E-state index in [9.17, 15) is 9.59 Å². The number of amides is 2. The van der Waals surface area contributed by atoms with Gasteiger partial charge in [-0.15, -0.1) is 0 Å². The molecule has 2 fully saturated rings. The molecule has 1 atom stereocenters. The summed E-state index contributed by atoms with van der Waals surface area (Å²) in [5, 5.41) is 0.